The van der Waals surface area contributed by atoms with Crippen molar-refractivity contribution in [1.82, 2.24) is 10.2 Å². The van der Waals surface area contributed by atoms with Gasteiger partial charge in [0, 0.05) is 7.05 Å². The molecule has 96 valence electrons. The van der Waals surface area contributed by atoms with E-state index >= 15 is 0 Å². The molecule has 1 heterocycles. The Morgan fingerprint density at radius 1 is 1.17 bits per heavy atom. The number of carbonyl (C=O) groups excluding carboxylic acids is 2. The van der Waals surface area contributed by atoms with Gasteiger partial charge in [-0.25, -0.2) is 0 Å². The maximum Gasteiger partial charge on any atom is 0.250 e. The standard InChI is InChI=1S/C14H18N2O2/c1-9(2)12-13(17)15-11(14(18)16(12)3)10-7-5-4-6-8-10/h4-9,11-12H,1-3H3,(H,15,17). The second kappa shape index (κ2) is 4.80. The number of carbonyl (C=O) groups is 2. The number of likely N-dealkylation sites (N-methyl/N-ethyl adjacent to an activating group) is 1. The van der Waals surface area contributed by atoms with E-state index in [2.05, 4.69) is 5.32 Å². The Kier molecular flexibility index (Phi) is 3.36. The molecule has 18 heavy (non-hydrogen) atoms. The van der Waals surface area contributed by atoms with Crippen molar-refractivity contribution in [2.75, 3.05) is 7.05 Å². The van der Waals surface area contributed by atoms with Gasteiger partial charge in [-0.15, -0.1) is 0 Å². The Morgan fingerprint density at radius 2 is 1.78 bits per heavy atom. The summed E-state index contributed by atoms with van der Waals surface area (Å²) in [7, 11) is 1.70. The minimum absolute atomic E-state index is 0.0560. The molecule has 1 fully saturated rings. The van der Waals surface area contributed by atoms with Crippen molar-refractivity contribution in [3.63, 3.8) is 0 Å². The van der Waals surface area contributed by atoms with Crippen molar-refractivity contribution >= 4 is 11.8 Å². The highest BCUT2D eigenvalue weighted by molar-refractivity contribution is 5.97. The number of hydrogen-bond acceptors (Lipinski definition) is 2. The highest BCUT2D eigenvalue weighted by atomic mass is 16.2. The summed E-state index contributed by atoms with van der Waals surface area (Å²) in [5.41, 5.74) is 0.824. The van der Waals surface area contributed by atoms with Crippen LogP contribution in [0.2, 0.25) is 0 Å². The molecule has 1 N–H and O–H groups in total. The topological polar surface area (TPSA) is 49.4 Å². The fraction of sp³-hybridized carbons (Fsp3) is 0.429. The first-order valence-corrected chi connectivity index (χ1v) is 6.14. The number of benzene rings is 1. The third-order valence-corrected chi connectivity index (χ3v) is 3.33. The van der Waals surface area contributed by atoms with Gasteiger partial charge >= 0.3 is 0 Å². The molecule has 0 bridgehead atoms. The van der Waals surface area contributed by atoms with E-state index in [0.29, 0.717) is 0 Å². The Bertz CT molecular complexity index is 456. The summed E-state index contributed by atoms with van der Waals surface area (Å²) in [6.45, 7) is 3.88. The smallest absolute Gasteiger partial charge is 0.250 e. The lowest BCUT2D eigenvalue weighted by atomic mass is 9.95. The largest absolute Gasteiger partial charge is 0.339 e. The molecule has 2 atom stereocenters. The van der Waals surface area contributed by atoms with Crippen molar-refractivity contribution in [3.8, 4) is 0 Å². The summed E-state index contributed by atoms with van der Waals surface area (Å²) in [4.78, 5) is 25.9. The molecule has 1 aromatic carbocycles. The molecule has 4 nitrogen and oxygen atoms in total. The summed E-state index contributed by atoms with van der Waals surface area (Å²) in [5.74, 6) is -0.0314. The van der Waals surface area contributed by atoms with Crippen LogP contribution in [0, 0.1) is 5.92 Å². The molecule has 2 unspecified atom stereocenters. The van der Waals surface area contributed by atoms with Gasteiger partial charge in [-0.3, -0.25) is 9.59 Å². The van der Waals surface area contributed by atoms with Gasteiger partial charge in [-0.1, -0.05) is 44.2 Å². The van der Waals surface area contributed by atoms with E-state index in [4.69, 9.17) is 0 Å². The van der Waals surface area contributed by atoms with Crippen LogP contribution in [0.1, 0.15) is 25.5 Å². The fourth-order valence-corrected chi connectivity index (χ4v) is 2.43. The van der Waals surface area contributed by atoms with Crippen LogP contribution < -0.4 is 5.32 Å². The molecule has 1 aromatic rings. The van der Waals surface area contributed by atoms with E-state index < -0.39 is 6.04 Å². The summed E-state index contributed by atoms with van der Waals surface area (Å²) in [6.07, 6.45) is 0. The highest BCUT2D eigenvalue weighted by Crippen LogP contribution is 2.23. The van der Waals surface area contributed by atoms with E-state index in [-0.39, 0.29) is 23.8 Å². The molecule has 4 heteroatoms. The fourth-order valence-electron chi connectivity index (χ4n) is 2.43. The van der Waals surface area contributed by atoms with Crippen molar-refractivity contribution in [1.29, 1.82) is 0 Å². The van der Waals surface area contributed by atoms with Gasteiger partial charge < -0.3 is 10.2 Å². The van der Waals surface area contributed by atoms with E-state index in [1.807, 2.05) is 44.2 Å². The summed E-state index contributed by atoms with van der Waals surface area (Å²) >= 11 is 0. The van der Waals surface area contributed by atoms with E-state index in [9.17, 15) is 9.59 Å². The van der Waals surface area contributed by atoms with Crippen LogP contribution in [0.15, 0.2) is 30.3 Å². The molecular formula is C14H18N2O2. The van der Waals surface area contributed by atoms with E-state index in [1.54, 1.807) is 11.9 Å². The van der Waals surface area contributed by atoms with Gasteiger partial charge in [0.05, 0.1) is 0 Å². The predicted octanol–water partition coefficient (Wildman–Crippen LogP) is 1.34. The van der Waals surface area contributed by atoms with Gasteiger partial charge in [-0.2, -0.15) is 0 Å². The van der Waals surface area contributed by atoms with E-state index in [1.165, 1.54) is 0 Å². The van der Waals surface area contributed by atoms with Crippen LogP contribution >= 0.6 is 0 Å². The molecule has 2 rings (SSSR count). The third-order valence-electron chi connectivity index (χ3n) is 3.33. The first-order chi connectivity index (χ1) is 8.52. The van der Waals surface area contributed by atoms with Crippen LogP contribution in [-0.4, -0.2) is 29.8 Å². The number of nitrogens with one attached hydrogen (secondary N) is 1. The van der Waals surface area contributed by atoms with Gasteiger partial charge in [0.25, 0.3) is 0 Å². The lowest BCUT2D eigenvalue weighted by Gasteiger charge is -2.38. The number of nitrogens with zero attached hydrogens (tertiary/aromatic N) is 1. The lowest BCUT2D eigenvalue weighted by Crippen LogP contribution is -2.59. The number of hydrogen-bond donors (Lipinski definition) is 1. The molecule has 2 amide bonds. The Labute approximate surface area is 107 Å². The van der Waals surface area contributed by atoms with Crippen LogP contribution in [0.3, 0.4) is 0 Å². The average Bonchev–Trinajstić information content (AvgIpc) is 2.34. The number of rotatable bonds is 2. The van der Waals surface area contributed by atoms with Crippen LogP contribution in [-0.2, 0) is 9.59 Å². The van der Waals surface area contributed by atoms with Crippen molar-refractivity contribution in [3.05, 3.63) is 35.9 Å². The predicted molar refractivity (Wildman–Crippen MR) is 68.7 cm³/mol. The Hall–Kier alpha value is -1.84. The van der Waals surface area contributed by atoms with Crippen LogP contribution in [0.5, 0.6) is 0 Å². The molecule has 0 saturated carbocycles. The molecule has 1 aliphatic heterocycles. The SMILES string of the molecule is CC(C)C1C(=O)NC(c2ccccc2)C(=O)N1C. The molecule has 0 radical (unpaired) electrons. The van der Waals surface area contributed by atoms with Gasteiger partial charge in [0.2, 0.25) is 11.8 Å². The van der Waals surface area contributed by atoms with Gasteiger partial charge in [-0.05, 0) is 11.5 Å². The maximum atomic E-state index is 12.3. The zero-order valence-electron chi connectivity index (χ0n) is 10.9. The first-order valence-electron chi connectivity index (χ1n) is 6.14. The quantitative estimate of drug-likeness (QED) is 0.856. The molecule has 0 aliphatic carbocycles. The zero-order valence-corrected chi connectivity index (χ0v) is 10.9. The molecule has 0 aromatic heterocycles. The van der Waals surface area contributed by atoms with Crippen molar-refractivity contribution in [2.24, 2.45) is 5.92 Å². The average molecular weight is 246 g/mol. The van der Waals surface area contributed by atoms with Gasteiger partial charge in [0.1, 0.15) is 12.1 Å². The lowest BCUT2D eigenvalue weighted by molar-refractivity contribution is -0.149. The number of piperazine rings is 1. The first kappa shape index (κ1) is 12.6. The van der Waals surface area contributed by atoms with Gasteiger partial charge in [0.15, 0.2) is 0 Å². The van der Waals surface area contributed by atoms with E-state index in [0.717, 1.165) is 5.56 Å². The second-order valence-corrected chi connectivity index (χ2v) is 4.99. The molecule has 0 spiro atoms. The summed E-state index contributed by atoms with van der Waals surface area (Å²) in [6, 6.07) is 8.39. The summed E-state index contributed by atoms with van der Waals surface area (Å²) in [5, 5.41) is 2.81. The Balaban J connectivity index is 2.28. The Morgan fingerprint density at radius 3 is 2.33 bits per heavy atom. The van der Waals surface area contributed by atoms with Crippen LogP contribution in [0.25, 0.3) is 0 Å². The maximum absolute atomic E-state index is 12.3. The normalized spacial score (nSPS) is 24.3. The van der Waals surface area contributed by atoms with Crippen LogP contribution in [0.4, 0.5) is 0 Å². The second-order valence-electron chi connectivity index (χ2n) is 4.99. The highest BCUT2D eigenvalue weighted by Gasteiger charge is 2.40. The minimum Gasteiger partial charge on any atom is -0.339 e. The van der Waals surface area contributed by atoms with Crippen molar-refractivity contribution < 1.29 is 9.59 Å². The minimum atomic E-state index is -0.557. The molecule has 1 aliphatic rings. The number of amides is 2. The molecule has 1 saturated heterocycles. The third kappa shape index (κ3) is 2.10. The monoisotopic (exact) mass is 246 g/mol. The zero-order chi connectivity index (χ0) is 13.3. The molecular weight excluding hydrogens is 228 g/mol. The summed E-state index contributed by atoms with van der Waals surface area (Å²) < 4.78 is 0. The van der Waals surface area contributed by atoms with Crippen molar-refractivity contribution in [2.45, 2.75) is 25.9 Å².